The number of hydrogen-bond donors (Lipinski definition) is 2. The zero-order valence-corrected chi connectivity index (χ0v) is 12.1. The summed E-state index contributed by atoms with van der Waals surface area (Å²) < 4.78 is 0. The summed E-state index contributed by atoms with van der Waals surface area (Å²) in [5, 5.41) is 11.8. The number of likely N-dealkylation sites (tertiary alicyclic amines) is 1. The normalized spacial score (nSPS) is 26.4. The van der Waals surface area contributed by atoms with Gasteiger partial charge in [0.25, 0.3) is 0 Å². The Morgan fingerprint density at radius 1 is 1.37 bits per heavy atom. The van der Waals surface area contributed by atoms with Gasteiger partial charge in [0.15, 0.2) is 0 Å². The maximum atomic E-state index is 12.3. The van der Waals surface area contributed by atoms with Gasteiger partial charge in [-0.25, -0.2) is 0 Å². The zero-order valence-electron chi connectivity index (χ0n) is 11.3. The van der Waals surface area contributed by atoms with E-state index >= 15 is 0 Å². The number of nitrogens with two attached hydrogens (primary N) is 1. The summed E-state index contributed by atoms with van der Waals surface area (Å²) in [4.78, 5) is 14.2. The number of carbonyl (C=O) groups excluding carboxylic acids is 1. The minimum Gasteiger partial charge on any atom is -0.409 e. The lowest BCUT2D eigenvalue weighted by atomic mass is 9.94. The average molecular weight is 285 g/mol. The average Bonchev–Trinajstić information content (AvgIpc) is 2.47. The largest absolute Gasteiger partial charge is 0.409 e. The molecule has 2 aliphatic rings. The Bertz CT molecular complexity index is 343. The van der Waals surface area contributed by atoms with Crippen molar-refractivity contribution in [3.05, 3.63) is 0 Å². The topological polar surface area (TPSA) is 78.9 Å². The molecule has 2 aliphatic heterocycles. The number of oxime groups is 1. The molecule has 1 unspecified atom stereocenters. The fourth-order valence-corrected chi connectivity index (χ4v) is 4.06. The van der Waals surface area contributed by atoms with Crippen molar-refractivity contribution in [3.8, 4) is 0 Å². The smallest absolute Gasteiger partial charge is 0.222 e. The number of amidine groups is 1. The molecule has 1 amide bonds. The van der Waals surface area contributed by atoms with Crippen molar-refractivity contribution in [1.29, 1.82) is 0 Å². The first-order chi connectivity index (χ1) is 9.20. The van der Waals surface area contributed by atoms with Crippen molar-refractivity contribution in [2.75, 3.05) is 24.6 Å². The number of rotatable bonds is 3. The van der Waals surface area contributed by atoms with E-state index in [1.807, 2.05) is 16.7 Å². The Morgan fingerprint density at radius 2 is 2.11 bits per heavy atom. The molecule has 19 heavy (non-hydrogen) atoms. The van der Waals surface area contributed by atoms with Gasteiger partial charge in [-0.3, -0.25) is 4.79 Å². The summed E-state index contributed by atoms with van der Waals surface area (Å²) in [7, 11) is 0. The number of nitrogens with zero attached hydrogens (tertiary/aromatic N) is 2. The van der Waals surface area contributed by atoms with E-state index < -0.39 is 0 Å². The van der Waals surface area contributed by atoms with Crippen molar-refractivity contribution in [2.24, 2.45) is 22.7 Å². The summed E-state index contributed by atoms with van der Waals surface area (Å²) in [5.41, 5.74) is 5.65. The van der Waals surface area contributed by atoms with E-state index in [1.54, 1.807) is 0 Å². The maximum Gasteiger partial charge on any atom is 0.222 e. The van der Waals surface area contributed by atoms with Gasteiger partial charge in [0.1, 0.15) is 5.84 Å². The molecule has 1 atom stereocenters. The quantitative estimate of drug-likeness (QED) is 0.356. The van der Waals surface area contributed by atoms with E-state index in [-0.39, 0.29) is 17.7 Å². The molecule has 0 aromatic carbocycles. The lowest BCUT2D eigenvalue weighted by Gasteiger charge is -2.33. The van der Waals surface area contributed by atoms with Gasteiger partial charge < -0.3 is 15.8 Å². The third-order valence-corrected chi connectivity index (χ3v) is 5.16. The predicted molar refractivity (Wildman–Crippen MR) is 77.4 cm³/mol. The fourth-order valence-electron chi connectivity index (χ4n) is 2.85. The van der Waals surface area contributed by atoms with Gasteiger partial charge in [0.2, 0.25) is 5.91 Å². The van der Waals surface area contributed by atoms with Crippen LogP contribution in [0.5, 0.6) is 0 Å². The minimum atomic E-state index is 0.0182. The highest BCUT2D eigenvalue weighted by Crippen LogP contribution is 2.27. The van der Waals surface area contributed by atoms with Crippen LogP contribution in [0, 0.1) is 11.8 Å². The van der Waals surface area contributed by atoms with Crippen LogP contribution < -0.4 is 5.73 Å². The van der Waals surface area contributed by atoms with Gasteiger partial charge in [0.05, 0.1) is 0 Å². The Labute approximate surface area is 118 Å². The minimum absolute atomic E-state index is 0.0182. The van der Waals surface area contributed by atoms with E-state index in [0.29, 0.717) is 18.9 Å². The highest BCUT2D eigenvalue weighted by Gasteiger charge is 2.28. The molecular formula is C13H23N3O2S. The van der Waals surface area contributed by atoms with Crippen molar-refractivity contribution in [3.63, 3.8) is 0 Å². The zero-order chi connectivity index (χ0) is 13.7. The molecule has 3 N–H and O–H groups in total. The third-order valence-electron chi connectivity index (χ3n) is 4.11. The van der Waals surface area contributed by atoms with Gasteiger partial charge in [-0.2, -0.15) is 11.8 Å². The van der Waals surface area contributed by atoms with Gasteiger partial charge in [-0.15, -0.1) is 0 Å². The summed E-state index contributed by atoms with van der Waals surface area (Å²) in [5.74, 6) is 3.44. The fraction of sp³-hybridized carbons (Fsp3) is 0.846. The molecule has 0 aromatic heterocycles. The SMILES string of the molecule is NC(=NO)C1CCCN(C(=O)CC2CCSCC2)C1. The van der Waals surface area contributed by atoms with E-state index in [0.717, 1.165) is 32.2 Å². The molecule has 0 aromatic rings. The second kappa shape index (κ2) is 7.03. The van der Waals surface area contributed by atoms with Crippen molar-refractivity contribution < 1.29 is 10.0 Å². The molecular weight excluding hydrogens is 262 g/mol. The second-order valence-corrected chi connectivity index (χ2v) is 6.69. The predicted octanol–water partition coefficient (Wildman–Crippen LogP) is 1.50. The van der Waals surface area contributed by atoms with Crippen LogP contribution >= 0.6 is 11.8 Å². The second-order valence-electron chi connectivity index (χ2n) is 5.46. The van der Waals surface area contributed by atoms with Gasteiger partial charge in [-0.05, 0) is 43.1 Å². The molecule has 108 valence electrons. The van der Waals surface area contributed by atoms with E-state index in [2.05, 4.69) is 5.16 Å². The lowest BCUT2D eigenvalue weighted by Crippen LogP contribution is -2.44. The van der Waals surface area contributed by atoms with Crippen LogP contribution in [0.1, 0.15) is 32.1 Å². The highest BCUT2D eigenvalue weighted by molar-refractivity contribution is 7.99. The van der Waals surface area contributed by atoms with Crippen molar-refractivity contribution in [2.45, 2.75) is 32.1 Å². The van der Waals surface area contributed by atoms with Crippen LogP contribution in [0.3, 0.4) is 0 Å². The first-order valence-electron chi connectivity index (χ1n) is 7.03. The summed E-state index contributed by atoms with van der Waals surface area (Å²) >= 11 is 1.98. The Morgan fingerprint density at radius 3 is 2.79 bits per heavy atom. The molecule has 5 nitrogen and oxygen atoms in total. The van der Waals surface area contributed by atoms with Gasteiger partial charge in [-0.1, -0.05) is 5.16 Å². The summed E-state index contributed by atoms with van der Waals surface area (Å²) in [6.45, 7) is 1.42. The van der Waals surface area contributed by atoms with Gasteiger partial charge >= 0.3 is 0 Å². The first-order valence-corrected chi connectivity index (χ1v) is 8.19. The van der Waals surface area contributed by atoms with Crippen LogP contribution in [0.15, 0.2) is 5.16 Å². The molecule has 2 rings (SSSR count). The van der Waals surface area contributed by atoms with Crippen molar-refractivity contribution in [1.82, 2.24) is 4.90 Å². The lowest BCUT2D eigenvalue weighted by molar-refractivity contribution is -0.133. The molecule has 2 heterocycles. The van der Waals surface area contributed by atoms with Crippen molar-refractivity contribution >= 4 is 23.5 Å². The Kier molecular flexibility index (Phi) is 5.36. The standard InChI is InChI=1S/C13H23N3O2S/c14-13(15-18)11-2-1-5-16(9-11)12(17)8-10-3-6-19-7-4-10/h10-11,18H,1-9H2,(H2,14,15). The molecule has 0 radical (unpaired) electrons. The van der Waals surface area contributed by atoms with E-state index in [9.17, 15) is 4.79 Å². The molecule has 0 bridgehead atoms. The van der Waals surface area contributed by atoms with Crippen LogP contribution in [0.25, 0.3) is 0 Å². The highest BCUT2D eigenvalue weighted by atomic mass is 32.2. The molecule has 0 saturated carbocycles. The number of piperidine rings is 1. The molecule has 0 spiro atoms. The van der Waals surface area contributed by atoms with E-state index in [1.165, 1.54) is 11.5 Å². The Balaban J connectivity index is 1.84. The first kappa shape index (κ1) is 14.5. The summed E-state index contributed by atoms with van der Waals surface area (Å²) in [6, 6.07) is 0. The number of hydrogen-bond acceptors (Lipinski definition) is 4. The van der Waals surface area contributed by atoms with E-state index in [4.69, 9.17) is 10.9 Å². The molecule has 6 heteroatoms. The Hall–Kier alpha value is -0.910. The third kappa shape index (κ3) is 4.03. The van der Waals surface area contributed by atoms with Crippen LogP contribution in [0.4, 0.5) is 0 Å². The maximum absolute atomic E-state index is 12.3. The van der Waals surface area contributed by atoms with Crippen LogP contribution in [-0.2, 0) is 4.79 Å². The molecule has 2 saturated heterocycles. The number of thioether (sulfide) groups is 1. The summed E-state index contributed by atoms with van der Waals surface area (Å²) in [6.07, 6.45) is 4.83. The van der Waals surface area contributed by atoms with Crippen LogP contribution in [0.2, 0.25) is 0 Å². The van der Waals surface area contributed by atoms with Gasteiger partial charge in [0, 0.05) is 25.4 Å². The molecule has 2 fully saturated rings. The molecule has 0 aliphatic carbocycles. The number of carbonyl (C=O) groups is 1. The van der Waals surface area contributed by atoms with Crippen LogP contribution in [-0.4, -0.2) is 46.4 Å². The number of amides is 1. The monoisotopic (exact) mass is 285 g/mol.